The van der Waals surface area contributed by atoms with Crippen molar-refractivity contribution in [2.45, 2.75) is 19.0 Å². The van der Waals surface area contributed by atoms with E-state index in [1.165, 1.54) is 17.3 Å². The standard InChI is InChI=1S/C12H14N2O2S/c1-7-3-4-9-10(5-7)14-12(13-9)17-6-8(2)11(15)16/h3-5,8H,6H2,1-2H3,(H,13,14)(H,15,16). The highest BCUT2D eigenvalue weighted by Gasteiger charge is 2.12. The van der Waals surface area contributed by atoms with Gasteiger partial charge in [-0.05, 0) is 24.6 Å². The summed E-state index contributed by atoms with van der Waals surface area (Å²) in [6, 6.07) is 6.01. The predicted molar refractivity (Wildman–Crippen MR) is 68.4 cm³/mol. The normalized spacial score (nSPS) is 12.8. The van der Waals surface area contributed by atoms with E-state index in [9.17, 15) is 4.79 Å². The van der Waals surface area contributed by atoms with Crippen LogP contribution >= 0.6 is 11.8 Å². The van der Waals surface area contributed by atoms with Gasteiger partial charge in [0.15, 0.2) is 5.16 Å². The number of hydrogen-bond acceptors (Lipinski definition) is 3. The third-order valence-corrected chi connectivity index (χ3v) is 3.64. The van der Waals surface area contributed by atoms with Crippen LogP contribution in [0.3, 0.4) is 0 Å². The number of aromatic amines is 1. The van der Waals surface area contributed by atoms with E-state index in [1.807, 2.05) is 25.1 Å². The Morgan fingerprint density at radius 3 is 3.06 bits per heavy atom. The number of rotatable bonds is 4. The van der Waals surface area contributed by atoms with Gasteiger partial charge in [0.2, 0.25) is 0 Å². The van der Waals surface area contributed by atoms with Crippen molar-refractivity contribution in [3.05, 3.63) is 23.8 Å². The van der Waals surface area contributed by atoms with Crippen molar-refractivity contribution < 1.29 is 9.90 Å². The molecule has 1 aromatic heterocycles. The van der Waals surface area contributed by atoms with Crippen molar-refractivity contribution in [2.75, 3.05) is 5.75 Å². The van der Waals surface area contributed by atoms with E-state index in [-0.39, 0.29) is 5.92 Å². The Balaban J connectivity index is 2.12. The van der Waals surface area contributed by atoms with Gasteiger partial charge in [-0.25, -0.2) is 4.98 Å². The quantitative estimate of drug-likeness (QED) is 0.819. The van der Waals surface area contributed by atoms with Crippen LogP contribution in [-0.2, 0) is 4.79 Å². The first-order valence-electron chi connectivity index (χ1n) is 5.38. The topological polar surface area (TPSA) is 66.0 Å². The summed E-state index contributed by atoms with van der Waals surface area (Å²) in [4.78, 5) is 18.3. The number of carbonyl (C=O) groups is 1. The molecule has 0 bridgehead atoms. The SMILES string of the molecule is Cc1ccc2nc(SCC(C)C(=O)O)[nH]c2c1. The lowest BCUT2D eigenvalue weighted by atomic mass is 10.2. The summed E-state index contributed by atoms with van der Waals surface area (Å²) in [6.45, 7) is 3.72. The lowest BCUT2D eigenvalue weighted by Gasteiger charge is -2.02. The minimum absolute atomic E-state index is 0.366. The number of nitrogens with one attached hydrogen (secondary N) is 1. The second kappa shape index (κ2) is 4.79. The maximum atomic E-state index is 10.7. The number of carboxylic acids is 1. The molecule has 0 saturated carbocycles. The van der Waals surface area contributed by atoms with E-state index in [2.05, 4.69) is 9.97 Å². The molecule has 0 spiro atoms. The number of benzene rings is 1. The fraction of sp³-hybridized carbons (Fsp3) is 0.333. The van der Waals surface area contributed by atoms with Gasteiger partial charge in [0.25, 0.3) is 0 Å². The highest BCUT2D eigenvalue weighted by atomic mass is 32.2. The second-order valence-corrected chi connectivity index (χ2v) is 5.12. The van der Waals surface area contributed by atoms with Crippen molar-refractivity contribution in [1.29, 1.82) is 0 Å². The molecule has 0 radical (unpaired) electrons. The zero-order valence-corrected chi connectivity index (χ0v) is 10.5. The molecule has 17 heavy (non-hydrogen) atoms. The first kappa shape index (κ1) is 12.0. The number of imidazole rings is 1. The third-order valence-electron chi connectivity index (χ3n) is 2.51. The van der Waals surface area contributed by atoms with E-state index in [4.69, 9.17) is 5.11 Å². The summed E-state index contributed by atoms with van der Waals surface area (Å²) >= 11 is 1.44. The number of hydrogen-bond donors (Lipinski definition) is 2. The van der Waals surface area contributed by atoms with E-state index in [1.54, 1.807) is 6.92 Å². The van der Waals surface area contributed by atoms with E-state index in [0.717, 1.165) is 16.2 Å². The fourth-order valence-electron chi connectivity index (χ4n) is 1.44. The minimum Gasteiger partial charge on any atom is -0.481 e. The molecular formula is C12H14N2O2S. The highest BCUT2D eigenvalue weighted by molar-refractivity contribution is 7.99. The van der Waals surface area contributed by atoms with Crippen LogP contribution in [0.15, 0.2) is 23.4 Å². The number of H-pyrrole nitrogens is 1. The summed E-state index contributed by atoms with van der Waals surface area (Å²) in [6.07, 6.45) is 0. The van der Waals surface area contributed by atoms with Crippen molar-refractivity contribution in [3.63, 3.8) is 0 Å². The molecule has 0 aliphatic carbocycles. The van der Waals surface area contributed by atoms with Crippen LogP contribution in [0.4, 0.5) is 0 Å². The summed E-state index contributed by atoms with van der Waals surface area (Å²) in [5.41, 5.74) is 3.09. The van der Waals surface area contributed by atoms with Crippen molar-refractivity contribution in [2.24, 2.45) is 5.92 Å². The summed E-state index contributed by atoms with van der Waals surface area (Å²) in [5.74, 6) is -0.617. The minimum atomic E-state index is -0.774. The summed E-state index contributed by atoms with van der Waals surface area (Å²) in [7, 11) is 0. The molecule has 0 amide bonds. The van der Waals surface area contributed by atoms with Crippen LogP contribution < -0.4 is 0 Å². The van der Waals surface area contributed by atoms with Gasteiger partial charge in [0.1, 0.15) is 0 Å². The summed E-state index contributed by atoms with van der Waals surface area (Å²) in [5, 5.41) is 9.57. The van der Waals surface area contributed by atoms with Gasteiger partial charge in [-0.1, -0.05) is 24.8 Å². The molecule has 90 valence electrons. The molecule has 1 atom stereocenters. The molecule has 0 aliphatic heterocycles. The number of nitrogens with zero attached hydrogens (tertiary/aromatic N) is 1. The average molecular weight is 250 g/mol. The number of carboxylic acid groups (broad SMARTS) is 1. The number of fused-ring (bicyclic) bond motifs is 1. The number of aryl methyl sites for hydroxylation is 1. The lowest BCUT2D eigenvalue weighted by molar-refractivity contribution is -0.140. The molecule has 0 fully saturated rings. The van der Waals surface area contributed by atoms with E-state index >= 15 is 0 Å². The largest absolute Gasteiger partial charge is 0.481 e. The monoisotopic (exact) mass is 250 g/mol. The van der Waals surface area contributed by atoms with E-state index < -0.39 is 5.97 Å². The zero-order chi connectivity index (χ0) is 12.4. The molecule has 2 aromatic rings. The van der Waals surface area contributed by atoms with Crippen LogP contribution in [0.2, 0.25) is 0 Å². The molecule has 5 heteroatoms. The molecular weight excluding hydrogens is 236 g/mol. The van der Waals surface area contributed by atoms with Gasteiger partial charge in [-0.2, -0.15) is 0 Å². The van der Waals surface area contributed by atoms with Gasteiger partial charge in [-0.15, -0.1) is 0 Å². The molecule has 2 rings (SSSR count). The molecule has 0 saturated heterocycles. The first-order chi connectivity index (χ1) is 8.06. The van der Waals surface area contributed by atoms with Crippen molar-refractivity contribution in [3.8, 4) is 0 Å². The lowest BCUT2D eigenvalue weighted by Crippen LogP contribution is -2.11. The molecule has 1 aromatic carbocycles. The smallest absolute Gasteiger partial charge is 0.307 e. The number of aromatic nitrogens is 2. The Hall–Kier alpha value is -1.49. The number of aliphatic carboxylic acids is 1. The molecule has 1 unspecified atom stereocenters. The molecule has 0 aliphatic rings. The third kappa shape index (κ3) is 2.79. The van der Waals surface area contributed by atoms with Gasteiger partial charge in [0.05, 0.1) is 17.0 Å². The van der Waals surface area contributed by atoms with Crippen LogP contribution in [0, 0.1) is 12.8 Å². The number of thioether (sulfide) groups is 1. The van der Waals surface area contributed by atoms with Gasteiger partial charge < -0.3 is 10.1 Å². The Morgan fingerprint density at radius 1 is 1.59 bits per heavy atom. The summed E-state index contributed by atoms with van der Waals surface area (Å²) < 4.78 is 0. The van der Waals surface area contributed by atoms with Crippen LogP contribution in [0.25, 0.3) is 11.0 Å². The van der Waals surface area contributed by atoms with Crippen molar-refractivity contribution in [1.82, 2.24) is 9.97 Å². The zero-order valence-electron chi connectivity index (χ0n) is 9.73. The van der Waals surface area contributed by atoms with Crippen LogP contribution in [0.1, 0.15) is 12.5 Å². The molecule has 1 heterocycles. The maximum Gasteiger partial charge on any atom is 0.307 e. The molecule has 2 N–H and O–H groups in total. The Kier molecular flexibility index (Phi) is 3.38. The van der Waals surface area contributed by atoms with Gasteiger partial charge in [-0.3, -0.25) is 4.79 Å². The second-order valence-electron chi connectivity index (χ2n) is 4.11. The van der Waals surface area contributed by atoms with E-state index in [0.29, 0.717) is 5.75 Å². The molecule has 4 nitrogen and oxygen atoms in total. The first-order valence-corrected chi connectivity index (χ1v) is 6.37. The Bertz CT molecular complexity index is 550. The average Bonchev–Trinajstić information content (AvgIpc) is 2.67. The Morgan fingerprint density at radius 2 is 2.35 bits per heavy atom. The van der Waals surface area contributed by atoms with Crippen molar-refractivity contribution >= 4 is 28.8 Å². The fourth-order valence-corrected chi connectivity index (χ4v) is 2.34. The maximum absolute atomic E-state index is 10.7. The van der Waals surface area contributed by atoms with Gasteiger partial charge in [0, 0.05) is 5.75 Å². The Labute approximate surface area is 103 Å². The predicted octanol–water partition coefficient (Wildman–Crippen LogP) is 2.68. The highest BCUT2D eigenvalue weighted by Crippen LogP contribution is 2.22. The van der Waals surface area contributed by atoms with Crippen LogP contribution in [-0.4, -0.2) is 26.8 Å². The van der Waals surface area contributed by atoms with Gasteiger partial charge >= 0.3 is 5.97 Å². The van der Waals surface area contributed by atoms with Crippen LogP contribution in [0.5, 0.6) is 0 Å².